The van der Waals surface area contributed by atoms with Crippen LogP contribution in [0.2, 0.25) is 0 Å². The van der Waals surface area contributed by atoms with Crippen LogP contribution in [-0.2, 0) is 4.79 Å². The molecule has 0 bridgehead atoms. The number of hydrogen-bond donors (Lipinski definition) is 2. The molecule has 0 aromatic rings. The van der Waals surface area contributed by atoms with Gasteiger partial charge in [0, 0.05) is 13.1 Å². The minimum Gasteiger partial charge on any atom is -0.481 e. The molecule has 0 aliphatic carbocycles. The maximum Gasteiger partial charge on any atom is 0.406 e. The third kappa shape index (κ3) is 6.22. The van der Waals surface area contributed by atoms with E-state index in [-0.39, 0.29) is 25.9 Å². The summed E-state index contributed by atoms with van der Waals surface area (Å²) in [7, 11) is 0. The monoisotopic (exact) mass is 312 g/mol. The van der Waals surface area contributed by atoms with E-state index in [1.54, 1.807) is 20.8 Å². The standard InChI is InChI=1S/C13H23F3N2O3/c1-4-7-18(9-13(14,15)16)11(21)17-8-12(5-2,6-3)10(19)20/h4-9H2,1-3H3,(H,17,21)(H,19,20). The van der Waals surface area contributed by atoms with Crippen molar-refractivity contribution in [2.75, 3.05) is 19.6 Å². The lowest BCUT2D eigenvalue weighted by molar-refractivity contribution is -0.149. The Balaban J connectivity index is 4.79. The number of rotatable bonds is 8. The van der Waals surface area contributed by atoms with E-state index in [0.717, 1.165) is 0 Å². The highest BCUT2D eigenvalue weighted by Crippen LogP contribution is 2.26. The van der Waals surface area contributed by atoms with Crippen LogP contribution in [0.1, 0.15) is 40.0 Å². The van der Waals surface area contributed by atoms with Crippen LogP contribution in [0.3, 0.4) is 0 Å². The summed E-state index contributed by atoms with van der Waals surface area (Å²) in [5.41, 5.74) is -1.15. The molecule has 2 amide bonds. The summed E-state index contributed by atoms with van der Waals surface area (Å²) in [5.74, 6) is -1.06. The molecule has 2 N–H and O–H groups in total. The van der Waals surface area contributed by atoms with Crippen molar-refractivity contribution in [3.63, 3.8) is 0 Å². The Morgan fingerprint density at radius 2 is 1.67 bits per heavy atom. The predicted molar refractivity (Wildman–Crippen MR) is 72.0 cm³/mol. The van der Waals surface area contributed by atoms with Crippen LogP contribution in [0.5, 0.6) is 0 Å². The fourth-order valence-electron chi connectivity index (χ4n) is 1.97. The number of halogens is 3. The molecule has 0 aliphatic heterocycles. The van der Waals surface area contributed by atoms with Gasteiger partial charge in [-0.25, -0.2) is 4.79 Å². The number of urea groups is 1. The summed E-state index contributed by atoms with van der Waals surface area (Å²) in [4.78, 5) is 23.8. The van der Waals surface area contributed by atoms with Gasteiger partial charge in [0.05, 0.1) is 5.41 Å². The Morgan fingerprint density at radius 3 is 2.00 bits per heavy atom. The molecule has 0 radical (unpaired) electrons. The summed E-state index contributed by atoms with van der Waals surface area (Å²) in [6.45, 7) is 3.43. The quantitative estimate of drug-likeness (QED) is 0.724. The maximum atomic E-state index is 12.4. The second-order valence-corrected chi connectivity index (χ2v) is 4.99. The van der Waals surface area contributed by atoms with Crippen molar-refractivity contribution >= 4 is 12.0 Å². The topological polar surface area (TPSA) is 69.6 Å². The summed E-state index contributed by atoms with van der Waals surface area (Å²) in [5, 5.41) is 11.5. The fraction of sp³-hybridized carbons (Fsp3) is 0.846. The molecule has 5 nitrogen and oxygen atoms in total. The second-order valence-electron chi connectivity index (χ2n) is 4.99. The first-order chi connectivity index (χ1) is 9.61. The Kier molecular flexibility index (Phi) is 7.52. The third-order valence-electron chi connectivity index (χ3n) is 3.54. The molecule has 0 spiro atoms. The van der Waals surface area contributed by atoms with Crippen molar-refractivity contribution in [3.8, 4) is 0 Å². The van der Waals surface area contributed by atoms with E-state index in [4.69, 9.17) is 0 Å². The van der Waals surface area contributed by atoms with Crippen LogP contribution in [0.15, 0.2) is 0 Å². The van der Waals surface area contributed by atoms with Crippen LogP contribution < -0.4 is 5.32 Å². The van der Waals surface area contributed by atoms with Crippen molar-refractivity contribution < 1.29 is 27.9 Å². The maximum absolute atomic E-state index is 12.4. The van der Waals surface area contributed by atoms with Gasteiger partial charge in [0.2, 0.25) is 0 Å². The molecule has 124 valence electrons. The molecule has 0 aliphatic rings. The molecule has 0 atom stereocenters. The average molecular weight is 312 g/mol. The molecular formula is C13H23F3N2O3. The lowest BCUT2D eigenvalue weighted by Crippen LogP contribution is -2.49. The first-order valence-corrected chi connectivity index (χ1v) is 6.94. The molecule has 8 heteroatoms. The Morgan fingerprint density at radius 1 is 1.14 bits per heavy atom. The normalized spacial score (nSPS) is 12.1. The first-order valence-electron chi connectivity index (χ1n) is 6.94. The zero-order chi connectivity index (χ0) is 16.7. The average Bonchev–Trinajstić information content (AvgIpc) is 2.37. The summed E-state index contributed by atoms with van der Waals surface area (Å²) >= 11 is 0. The minimum absolute atomic E-state index is 0.0380. The van der Waals surface area contributed by atoms with E-state index in [9.17, 15) is 27.9 Å². The highest BCUT2D eigenvalue weighted by atomic mass is 19.4. The molecule has 21 heavy (non-hydrogen) atoms. The van der Waals surface area contributed by atoms with Gasteiger partial charge in [0.25, 0.3) is 0 Å². The van der Waals surface area contributed by atoms with E-state index in [2.05, 4.69) is 5.32 Å². The fourth-order valence-corrected chi connectivity index (χ4v) is 1.97. The van der Waals surface area contributed by atoms with Gasteiger partial charge in [-0.1, -0.05) is 20.8 Å². The van der Waals surface area contributed by atoms with Crippen molar-refractivity contribution in [1.82, 2.24) is 10.2 Å². The molecule has 0 unspecified atom stereocenters. The van der Waals surface area contributed by atoms with E-state index >= 15 is 0 Å². The number of carboxylic acid groups (broad SMARTS) is 1. The largest absolute Gasteiger partial charge is 0.481 e. The Labute approximate surface area is 122 Å². The van der Waals surface area contributed by atoms with E-state index < -0.39 is 30.1 Å². The molecule has 0 rings (SSSR count). The number of hydrogen-bond acceptors (Lipinski definition) is 2. The van der Waals surface area contributed by atoms with Gasteiger partial charge in [-0.3, -0.25) is 4.79 Å². The van der Waals surface area contributed by atoms with Gasteiger partial charge in [0.15, 0.2) is 0 Å². The molecule has 0 heterocycles. The van der Waals surface area contributed by atoms with Gasteiger partial charge in [-0.05, 0) is 19.3 Å². The number of nitrogens with one attached hydrogen (secondary N) is 1. The molecule has 0 saturated heterocycles. The minimum atomic E-state index is -4.48. The van der Waals surface area contributed by atoms with Crippen LogP contribution >= 0.6 is 0 Å². The van der Waals surface area contributed by atoms with Crippen molar-refractivity contribution in [3.05, 3.63) is 0 Å². The molecule has 0 aromatic carbocycles. The van der Waals surface area contributed by atoms with Crippen LogP contribution in [0.4, 0.5) is 18.0 Å². The SMILES string of the molecule is CCCN(CC(F)(F)F)C(=O)NCC(CC)(CC)C(=O)O. The van der Waals surface area contributed by atoms with Gasteiger partial charge in [-0.15, -0.1) is 0 Å². The highest BCUT2D eigenvalue weighted by Gasteiger charge is 2.37. The van der Waals surface area contributed by atoms with Crippen LogP contribution in [-0.4, -0.2) is 47.8 Å². The number of amides is 2. The lowest BCUT2D eigenvalue weighted by atomic mass is 9.82. The van der Waals surface area contributed by atoms with Crippen LogP contribution in [0, 0.1) is 5.41 Å². The van der Waals surface area contributed by atoms with E-state index in [0.29, 0.717) is 11.3 Å². The Bertz CT molecular complexity index is 355. The second kappa shape index (κ2) is 8.09. The van der Waals surface area contributed by atoms with Gasteiger partial charge in [0.1, 0.15) is 6.54 Å². The number of nitrogens with zero attached hydrogens (tertiary/aromatic N) is 1. The van der Waals surface area contributed by atoms with Crippen molar-refractivity contribution in [1.29, 1.82) is 0 Å². The summed E-state index contributed by atoms with van der Waals surface area (Å²) < 4.78 is 37.2. The van der Waals surface area contributed by atoms with E-state index in [1.165, 1.54) is 0 Å². The number of alkyl halides is 3. The van der Waals surface area contributed by atoms with Gasteiger partial charge >= 0.3 is 18.2 Å². The first kappa shape index (κ1) is 19.5. The van der Waals surface area contributed by atoms with Crippen LogP contribution in [0.25, 0.3) is 0 Å². The number of aliphatic carboxylic acids is 1. The number of carboxylic acids is 1. The highest BCUT2D eigenvalue weighted by molar-refractivity contribution is 5.78. The van der Waals surface area contributed by atoms with Crippen molar-refractivity contribution in [2.45, 2.75) is 46.2 Å². The molecular weight excluding hydrogens is 289 g/mol. The zero-order valence-corrected chi connectivity index (χ0v) is 12.6. The lowest BCUT2D eigenvalue weighted by Gasteiger charge is -2.29. The molecule has 0 aromatic heterocycles. The summed E-state index contributed by atoms with van der Waals surface area (Å²) in [6.07, 6.45) is -3.53. The summed E-state index contributed by atoms with van der Waals surface area (Å²) in [6, 6.07) is -0.887. The molecule has 0 saturated carbocycles. The smallest absolute Gasteiger partial charge is 0.406 e. The van der Waals surface area contributed by atoms with Gasteiger partial charge in [-0.2, -0.15) is 13.2 Å². The molecule has 0 fully saturated rings. The zero-order valence-electron chi connectivity index (χ0n) is 12.6. The number of carbonyl (C=O) groups excluding carboxylic acids is 1. The number of carbonyl (C=O) groups is 2. The van der Waals surface area contributed by atoms with E-state index in [1.807, 2.05) is 0 Å². The predicted octanol–water partition coefficient (Wildman–Crippen LogP) is 2.86. The third-order valence-corrected chi connectivity index (χ3v) is 3.54. The Hall–Kier alpha value is -1.47. The van der Waals surface area contributed by atoms with Gasteiger partial charge < -0.3 is 15.3 Å². The van der Waals surface area contributed by atoms with Crippen molar-refractivity contribution in [2.24, 2.45) is 5.41 Å².